The van der Waals surface area contributed by atoms with Crippen LogP contribution in [0.25, 0.3) is 0 Å². The van der Waals surface area contributed by atoms with Crippen LogP contribution >= 0.6 is 23.4 Å². The van der Waals surface area contributed by atoms with Crippen molar-refractivity contribution in [2.75, 3.05) is 5.75 Å². The van der Waals surface area contributed by atoms with Gasteiger partial charge < -0.3 is 0 Å². The zero-order chi connectivity index (χ0) is 10.4. The van der Waals surface area contributed by atoms with Crippen molar-refractivity contribution < 1.29 is 0 Å². The Kier molecular flexibility index (Phi) is 5.04. The van der Waals surface area contributed by atoms with Crippen molar-refractivity contribution in [1.29, 1.82) is 0 Å². The van der Waals surface area contributed by atoms with E-state index in [2.05, 4.69) is 12.0 Å². The molecule has 1 aromatic carbocycles. The molecule has 1 rings (SSSR count). The molecule has 0 radical (unpaired) electrons. The van der Waals surface area contributed by atoms with Gasteiger partial charge in [0.05, 0.1) is 5.02 Å². The number of rotatable bonds is 5. The van der Waals surface area contributed by atoms with Gasteiger partial charge in [-0.2, -0.15) is 0 Å². The number of halogens is 1. The largest absolute Gasteiger partial charge is 0.271 e. The molecule has 4 heteroatoms. The smallest absolute Gasteiger partial charge is 0.0541 e. The van der Waals surface area contributed by atoms with E-state index >= 15 is 0 Å². The molecule has 0 amide bonds. The van der Waals surface area contributed by atoms with Crippen molar-refractivity contribution >= 4 is 23.4 Å². The summed E-state index contributed by atoms with van der Waals surface area (Å²) in [6.07, 6.45) is 1.78. The third-order valence-electron chi connectivity index (χ3n) is 1.75. The zero-order valence-electron chi connectivity index (χ0n) is 7.74. The van der Waals surface area contributed by atoms with Gasteiger partial charge in [-0.15, -0.1) is 18.3 Å². The molecule has 0 saturated carbocycles. The van der Waals surface area contributed by atoms with Crippen LogP contribution in [0.4, 0.5) is 0 Å². The Morgan fingerprint density at radius 1 is 1.57 bits per heavy atom. The lowest BCUT2D eigenvalue weighted by Gasteiger charge is -2.10. The van der Waals surface area contributed by atoms with Crippen LogP contribution in [0, 0.1) is 0 Å². The Bertz CT molecular complexity index is 304. The molecule has 0 saturated heterocycles. The molecule has 0 fully saturated rings. The Balaban J connectivity index is 2.53. The third-order valence-corrected chi connectivity index (χ3v) is 3.39. The average Bonchev–Trinajstić information content (AvgIpc) is 2.22. The number of nitrogens with two attached hydrogens (primary N) is 1. The Morgan fingerprint density at radius 3 is 2.86 bits per heavy atom. The molecule has 0 aliphatic carbocycles. The van der Waals surface area contributed by atoms with E-state index in [4.69, 9.17) is 17.4 Å². The van der Waals surface area contributed by atoms with Gasteiger partial charge in [0, 0.05) is 16.7 Å². The first-order valence-corrected chi connectivity index (χ1v) is 5.60. The van der Waals surface area contributed by atoms with E-state index in [1.54, 1.807) is 17.8 Å². The summed E-state index contributed by atoms with van der Waals surface area (Å²) in [6, 6.07) is 7.86. The highest BCUT2D eigenvalue weighted by molar-refractivity contribution is 7.99. The molecule has 0 aromatic heterocycles. The number of hydrazine groups is 1. The molecule has 1 aromatic rings. The standard InChI is InChI=1S/C10H13ClN2S/c1-2-8(13-12)7-14-10-6-4-3-5-9(10)11/h2-6,8,13H,1,7,12H2. The van der Waals surface area contributed by atoms with Gasteiger partial charge >= 0.3 is 0 Å². The van der Waals surface area contributed by atoms with Crippen LogP contribution in [0.3, 0.4) is 0 Å². The van der Waals surface area contributed by atoms with E-state index in [9.17, 15) is 0 Å². The van der Waals surface area contributed by atoms with Gasteiger partial charge in [0.25, 0.3) is 0 Å². The van der Waals surface area contributed by atoms with Crippen LogP contribution in [0.5, 0.6) is 0 Å². The molecule has 1 atom stereocenters. The number of nitrogens with one attached hydrogen (secondary N) is 1. The van der Waals surface area contributed by atoms with Crippen LogP contribution in [0.2, 0.25) is 5.02 Å². The highest BCUT2D eigenvalue weighted by Crippen LogP contribution is 2.26. The highest BCUT2D eigenvalue weighted by Gasteiger charge is 2.04. The van der Waals surface area contributed by atoms with Crippen molar-refractivity contribution in [2.45, 2.75) is 10.9 Å². The maximum atomic E-state index is 6.00. The summed E-state index contributed by atoms with van der Waals surface area (Å²) >= 11 is 7.65. The second kappa shape index (κ2) is 6.09. The summed E-state index contributed by atoms with van der Waals surface area (Å²) in [5.74, 6) is 6.14. The first-order chi connectivity index (χ1) is 6.77. The number of hydrogen-bond acceptors (Lipinski definition) is 3. The Labute approximate surface area is 93.5 Å². The van der Waals surface area contributed by atoms with Gasteiger partial charge in [-0.3, -0.25) is 11.3 Å². The van der Waals surface area contributed by atoms with E-state index in [-0.39, 0.29) is 6.04 Å². The maximum Gasteiger partial charge on any atom is 0.0541 e. The van der Waals surface area contributed by atoms with E-state index in [1.807, 2.05) is 24.3 Å². The van der Waals surface area contributed by atoms with Crippen LogP contribution in [0.1, 0.15) is 0 Å². The first-order valence-electron chi connectivity index (χ1n) is 4.24. The topological polar surface area (TPSA) is 38.0 Å². The lowest BCUT2D eigenvalue weighted by atomic mass is 10.4. The Morgan fingerprint density at radius 2 is 2.29 bits per heavy atom. The van der Waals surface area contributed by atoms with E-state index in [1.165, 1.54) is 0 Å². The average molecular weight is 229 g/mol. The summed E-state index contributed by atoms with van der Waals surface area (Å²) in [6.45, 7) is 3.68. The molecule has 0 bridgehead atoms. The quantitative estimate of drug-likeness (QED) is 0.352. The molecule has 1 unspecified atom stereocenters. The molecule has 0 aliphatic rings. The molecule has 0 aliphatic heterocycles. The molecular formula is C10H13ClN2S. The fourth-order valence-electron chi connectivity index (χ4n) is 0.926. The van der Waals surface area contributed by atoms with Gasteiger partial charge in [0.1, 0.15) is 0 Å². The van der Waals surface area contributed by atoms with Crippen molar-refractivity contribution in [1.82, 2.24) is 5.43 Å². The number of hydrogen-bond donors (Lipinski definition) is 2. The molecule has 2 nitrogen and oxygen atoms in total. The summed E-state index contributed by atoms with van der Waals surface area (Å²) in [4.78, 5) is 1.07. The predicted octanol–water partition coefficient (Wildman–Crippen LogP) is 2.45. The second-order valence-corrected chi connectivity index (χ2v) is 4.22. The van der Waals surface area contributed by atoms with Gasteiger partial charge in [-0.05, 0) is 12.1 Å². The molecule has 3 N–H and O–H groups in total. The Hall–Kier alpha value is -0.480. The van der Waals surface area contributed by atoms with E-state index in [0.29, 0.717) is 0 Å². The van der Waals surface area contributed by atoms with Crippen LogP contribution in [0.15, 0.2) is 41.8 Å². The predicted molar refractivity (Wildman–Crippen MR) is 63.5 cm³/mol. The van der Waals surface area contributed by atoms with Crippen LogP contribution < -0.4 is 11.3 Å². The van der Waals surface area contributed by atoms with E-state index < -0.39 is 0 Å². The monoisotopic (exact) mass is 228 g/mol. The highest BCUT2D eigenvalue weighted by atomic mass is 35.5. The summed E-state index contributed by atoms with van der Waals surface area (Å²) in [7, 11) is 0. The minimum Gasteiger partial charge on any atom is -0.271 e. The minimum absolute atomic E-state index is 0.108. The van der Waals surface area contributed by atoms with Crippen molar-refractivity contribution in [2.24, 2.45) is 5.84 Å². The number of thioether (sulfide) groups is 1. The van der Waals surface area contributed by atoms with Gasteiger partial charge in [0.2, 0.25) is 0 Å². The zero-order valence-corrected chi connectivity index (χ0v) is 9.31. The van der Waals surface area contributed by atoms with E-state index in [0.717, 1.165) is 15.7 Å². The normalized spacial score (nSPS) is 12.4. The summed E-state index contributed by atoms with van der Waals surface area (Å²) in [5, 5.41) is 0.775. The van der Waals surface area contributed by atoms with Crippen molar-refractivity contribution in [3.8, 4) is 0 Å². The molecule has 14 heavy (non-hydrogen) atoms. The van der Waals surface area contributed by atoms with Gasteiger partial charge in [-0.1, -0.05) is 29.8 Å². The molecular weight excluding hydrogens is 216 g/mol. The fourth-order valence-corrected chi connectivity index (χ4v) is 2.20. The summed E-state index contributed by atoms with van der Waals surface area (Å²) in [5.41, 5.74) is 2.66. The maximum absolute atomic E-state index is 6.00. The summed E-state index contributed by atoms with van der Waals surface area (Å²) < 4.78 is 0. The minimum atomic E-state index is 0.108. The molecule has 0 heterocycles. The van der Waals surface area contributed by atoms with Gasteiger partial charge in [0.15, 0.2) is 0 Å². The first kappa shape index (κ1) is 11.6. The lowest BCUT2D eigenvalue weighted by Crippen LogP contribution is -2.35. The number of benzene rings is 1. The van der Waals surface area contributed by atoms with Crippen LogP contribution in [-0.2, 0) is 0 Å². The SMILES string of the molecule is C=CC(CSc1ccccc1Cl)NN. The second-order valence-electron chi connectivity index (χ2n) is 2.75. The third kappa shape index (κ3) is 3.35. The van der Waals surface area contributed by atoms with Crippen molar-refractivity contribution in [3.05, 3.63) is 41.9 Å². The molecule has 0 spiro atoms. The van der Waals surface area contributed by atoms with Crippen LogP contribution in [-0.4, -0.2) is 11.8 Å². The van der Waals surface area contributed by atoms with Crippen molar-refractivity contribution in [3.63, 3.8) is 0 Å². The van der Waals surface area contributed by atoms with Gasteiger partial charge in [-0.25, -0.2) is 0 Å². The lowest BCUT2D eigenvalue weighted by molar-refractivity contribution is 0.678. The molecule has 76 valence electrons. The fraction of sp³-hybridized carbons (Fsp3) is 0.200.